The van der Waals surface area contributed by atoms with Crippen LogP contribution in [0.4, 0.5) is 0 Å². The number of fused-ring (bicyclic) bond motifs is 1. The molecule has 3 aromatic rings. The predicted molar refractivity (Wildman–Crippen MR) is 134 cm³/mol. The van der Waals surface area contributed by atoms with Gasteiger partial charge in [0.25, 0.3) is 5.91 Å². The van der Waals surface area contributed by atoms with E-state index in [9.17, 15) is 13.2 Å². The molecule has 3 heterocycles. The highest BCUT2D eigenvalue weighted by Gasteiger charge is 2.36. The molecule has 1 aliphatic heterocycles. The summed E-state index contributed by atoms with van der Waals surface area (Å²) >= 11 is 7.44. The monoisotopic (exact) mass is 518 g/mol. The van der Waals surface area contributed by atoms with Crippen molar-refractivity contribution < 1.29 is 13.2 Å². The molecule has 2 aromatic heterocycles. The topological polar surface area (TPSA) is 92.3 Å². The summed E-state index contributed by atoms with van der Waals surface area (Å²) in [6, 6.07) is 11.2. The first-order valence-electron chi connectivity index (χ1n) is 11.1. The molecule has 1 aromatic carbocycles. The standard InChI is InChI=1S/C24H27ClN4O3S2/c1-4-34(31,32)19-10-9-18(26-12-19)11-27-23(30)24-28-21-20(33-24)14-29(22(21)15(2)3)13-16-5-7-17(25)8-6-16/h5-10,12,15,22H,4,11,13-14H2,1-3H3,(H,27,30)/t22-/m0/s1. The Kier molecular flexibility index (Phi) is 7.37. The first-order chi connectivity index (χ1) is 16.2. The Morgan fingerprint density at radius 1 is 1.24 bits per heavy atom. The molecule has 1 amide bonds. The third-order valence-corrected chi connectivity index (χ3v) is 8.87. The summed E-state index contributed by atoms with van der Waals surface area (Å²) < 4.78 is 23.8. The number of aromatic nitrogens is 2. The molecule has 0 spiro atoms. The second-order valence-corrected chi connectivity index (χ2v) is 12.4. The van der Waals surface area contributed by atoms with Crippen LogP contribution in [-0.4, -0.2) is 34.9 Å². The molecular formula is C24H27ClN4O3S2. The van der Waals surface area contributed by atoms with Gasteiger partial charge in [0.1, 0.15) is 0 Å². The van der Waals surface area contributed by atoms with E-state index in [-0.39, 0.29) is 29.1 Å². The van der Waals surface area contributed by atoms with Crippen molar-refractivity contribution in [2.45, 2.75) is 51.3 Å². The fraction of sp³-hybridized carbons (Fsp3) is 0.375. The zero-order chi connectivity index (χ0) is 24.5. The van der Waals surface area contributed by atoms with Crippen molar-refractivity contribution in [3.8, 4) is 0 Å². The lowest BCUT2D eigenvalue weighted by Crippen LogP contribution is -2.27. The highest BCUT2D eigenvalue weighted by atomic mass is 35.5. The maximum Gasteiger partial charge on any atom is 0.280 e. The Morgan fingerprint density at radius 3 is 2.59 bits per heavy atom. The second-order valence-electron chi connectivity index (χ2n) is 8.62. The molecule has 1 aliphatic rings. The maximum absolute atomic E-state index is 12.8. The van der Waals surface area contributed by atoms with Gasteiger partial charge in [0.2, 0.25) is 0 Å². The molecule has 0 bridgehead atoms. The van der Waals surface area contributed by atoms with Gasteiger partial charge < -0.3 is 5.32 Å². The molecule has 0 unspecified atom stereocenters. The molecule has 34 heavy (non-hydrogen) atoms. The molecular weight excluding hydrogens is 492 g/mol. The summed E-state index contributed by atoms with van der Waals surface area (Å²) in [6.07, 6.45) is 1.33. The average molecular weight is 519 g/mol. The lowest BCUT2D eigenvalue weighted by Gasteiger charge is -2.27. The number of nitrogens with zero attached hydrogens (tertiary/aromatic N) is 3. The summed E-state index contributed by atoms with van der Waals surface area (Å²) in [4.78, 5) is 25.3. The molecule has 0 radical (unpaired) electrons. The highest BCUT2D eigenvalue weighted by molar-refractivity contribution is 7.91. The minimum atomic E-state index is -3.29. The van der Waals surface area contributed by atoms with Gasteiger partial charge >= 0.3 is 0 Å². The van der Waals surface area contributed by atoms with Gasteiger partial charge in [-0.15, -0.1) is 11.3 Å². The third-order valence-electron chi connectivity index (χ3n) is 5.84. The van der Waals surface area contributed by atoms with Gasteiger partial charge in [0, 0.05) is 29.2 Å². The first kappa shape index (κ1) is 24.8. The quantitative estimate of drug-likeness (QED) is 0.467. The Bertz CT molecular complexity index is 1270. The number of nitrogens with one attached hydrogen (secondary N) is 1. The number of pyridine rings is 1. The van der Waals surface area contributed by atoms with E-state index >= 15 is 0 Å². The summed E-state index contributed by atoms with van der Waals surface area (Å²) in [7, 11) is -3.29. The van der Waals surface area contributed by atoms with Gasteiger partial charge in [-0.3, -0.25) is 14.7 Å². The smallest absolute Gasteiger partial charge is 0.280 e. The van der Waals surface area contributed by atoms with Gasteiger partial charge in [-0.25, -0.2) is 13.4 Å². The fourth-order valence-corrected chi connectivity index (χ4v) is 6.08. The van der Waals surface area contributed by atoms with Crippen LogP contribution in [0.25, 0.3) is 0 Å². The van der Waals surface area contributed by atoms with Crippen molar-refractivity contribution >= 4 is 38.7 Å². The molecule has 0 aliphatic carbocycles. The molecule has 10 heteroatoms. The Labute approximate surface area is 209 Å². The van der Waals surface area contributed by atoms with Gasteiger partial charge in [-0.2, -0.15) is 0 Å². The number of hydrogen-bond acceptors (Lipinski definition) is 7. The van der Waals surface area contributed by atoms with Gasteiger partial charge in [0.05, 0.1) is 34.6 Å². The van der Waals surface area contributed by atoms with E-state index in [0.29, 0.717) is 16.6 Å². The average Bonchev–Trinajstić information content (AvgIpc) is 3.36. The molecule has 0 saturated heterocycles. The Balaban J connectivity index is 1.42. The molecule has 1 atom stereocenters. The molecule has 180 valence electrons. The van der Waals surface area contributed by atoms with Crippen molar-refractivity contribution in [2.75, 3.05) is 5.75 Å². The van der Waals surface area contributed by atoms with Crippen molar-refractivity contribution in [3.63, 3.8) is 0 Å². The number of sulfone groups is 1. The Hall–Kier alpha value is -2.33. The van der Waals surface area contributed by atoms with E-state index in [1.54, 1.807) is 13.0 Å². The number of hydrogen-bond donors (Lipinski definition) is 1. The number of rotatable bonds is 8. The molecule has 7 nitrogen and oxygen atoms in total. The molecule has 0 fully saturated rings. The zero-order valence-corrected chi connectivity index (χ0v) is 21.7. The van der Waals surface area contributed by atoms with Crippen molar-refractivity contribution in [3.05, 3.63) is 74.5 Å². The minimum Gasteiger partial charge on any atom is -0.344 e. The van der Waals surface area contributed by atoms with Gasteiger partial charge in [-0.05, 0) is 35.7 Å². The van der Waals surface area contributed by atoms with Crippen LogP contribution in [0.1, 0.15) is 58.4 Å². The van der Waals surface area contributed by atoms with E-state index in [2.05, 4.69) is 29.0 Å². The normalized spacial score (nSPS) is 16.1. The van der Waals surface area contributed by atoms with Crippen LogP contribution in [0.3, 0.4) is 0 Å². The van der Waals surface area contributed by atoms with Crippen LogP contribution in [0, 0.1) is 5.92 Å². The number of benzene rings is 1. The van der Waals surface area contributed by atoms with Crippen LogP contribution >= 0.6 is 22.9 Å². The summed E-state index contributed by atoms with van der Waals surface area (Å²) in [6.45, 7) is 7.67. The van der Waals surface area contributed by atoms with Crippen LogP contribution in [-0.2, 0) is 29.5 Å². The fourth-order valence-electron chi connectivity index (χ4n) is 4.09. The van der Waals surface area contributed by atoms with Crippen molar-refractivity contribution in [1.29, 1.82) is 0 Å². The Morgan fingerprint density at radius 2 is 1.97 bits per heavy atom. The molecule has 4 rings (SSSR count). The number of carbonyl (C=O) groups excluding carboxylic acids is 1. The molecule has 1 N–H and O–H groups in total. The van der Waals surface area contributed by atoms with E-state index in [0.717, 1.165) is 28.7 Å². The predicted octanol–water partition coefficient (Wildman–Crippen LogP) is 4.63. The summed E-state index contributed by atoms with van der Waals surface area (Å²) in [5, 5.41) is 4.01. The van der Waals surface area contributed by atoms with Crippen molar-refractivity contribution in [1.82, 2.24) is 20.2 Å². The SMILES string of the molecule is CCS(=O)(=O)c1ccc(CNC(=O)c2nc3c(s2)CN(Cc2ccc(Cl)cc2)[C@H]3C(C)C)nc1. The van der Waals surface area contributed by atoms with Crippen LogP contribution in [0.15, 0.2) is 47.5 Å². The lowest BCUT2D eigenvalue weighted by molar-refractivity contribution is 0.0948. The number of thiazole rings is 1. The largest absolute Gasteiger partial charge is 0.344 e. The van der Waals surface area contributed by atoms with Crippen LogP contribution in [0.5, 0.6) is 0 Å². The first-order valence-corrected chi connectivity index (χ1v) is 14.0. The second kappa shape index (κ2) is 10.1. The molecule has 0 saturated carbocycles. The van der Waals surface area contributed by atoms with Crippen LogP contribution in [0.2, 0.25) is 5.02 Å². The maximum atomic E-state index is 12.8. The highest BCUT2D eigenvalue weighted by Crippen LogP contribution is 2.41. The van der Waals surface area contributed by atoms with E-state index in [4.69, 9.17) is 16.6 Å². The van der Waals surface area contributed by atoms with E-state index < -0.39 is 9.84 Å². The van der Waals surface area contributed by atoms with Crippen molar-refractivity contribution in [2.24, 2.45) is 5.92 Å². The number of amides is 1. The zero-order valence-electron chi connectivity index (χ0n) is 19.3. The van der Waals surface area contributed by atoms with Gasteiger partial charge in [0.15, 0.2) is 14.8 Å². The lowest BCUT2D eigenvalue weighted by atomic mass is 10.0. The number of carbonyl (C=O) groups is 1. The summed E-state index contributed by atoms with van der Waals surface area (Å²) in [5.74, 6) is 0.112. The third kappa shape index (κ3) is 5.33. The minimum absolute atomic E-state index is 0.0218. The van der Waals surface area contributed by atoms with E-state index in [1.807, 2.05) is 24.3 Å². The van der Waals surface area contributed by atoms with Crippen LogP contribution < -0.4 is 5.32 Å². The van der Waals surface area contributed by atoms with E-state index in [1.165, 1.54) is 29.2 Å². The summed E-state index contributed by atoms with van der Waals surface area (Å²) in [5.41, 5.74) is 2.75. The number of halogens is 1. The van der Waals surface area contributed by atoms with Gasteiger partial charge in [-0.1, -0.05) is 44.5 Å².